The zero-order valence-corrected chi connectivity index (χ0v) is 11.3. The topological polar surface area (TPSA) is 95.1 Å². The van der Waals surface area contributed by atoms with Crippen LogP contribution in [0.5, 0.6) is 0 Å². The van der Waals surface area contributed by atoms with E-state index in [1.165, 1.54) is 6.07 Å². The van der Waals surface area contributed by atoms with Gasteiger partial charge < -0.3 is 15.4 Å². The normalized spacial score (nSPS) is 13.9. The first-order chi connectivity index (χ1) is 10.1. The molecule has 2 aromatic rings. The summed E-state index contributed by atoms with van der Waals surface area (Å²) in [5.74, 6) is 0.725. The van der Waals surface area contributed by atoms with Crippen LogP contribution in [0.3, 0.4) is 0 Å². The van der Waals surface area contributed by atoms with Gasteiger partial charge in [-0.15, -0.1) is 0 Å². The second-order valence-electron chi connectivity index (χ2n) is 5.15. The Morgan fingerprint density at radius 2 is 2.05 bits per heavy atom. The smallest absolute Gasteiger partial charge is 0.335 e. The van der Waals surface area contributed by atoms with Crippen LogP contribution in [-0.2, 0) is 6.54 Å². The number of hydrogen-bond acceptors (Lipinski definition) is 4. The van der Waals surface area contributed by atoms with E-state index in [9.17, 15) is 9.59 Å². The van der Waals surface area contributed by atoms with Crippen molar-refractivity contribution in [3.05, 3.63) is 57.6 Å². The highest BCUT2D eigenvalue weighted by molar-refractivity contribution is 5.87. The molecule has 6 nitrogen and oxygen atoms in total. The lowest BCUT2D eigenvalue weighted by molar-refractivity contribution is 0.0697. The quantitative estimate of drug-likeness (QED) is 0.780. The zero-order chi connectivity index (χ0) is 14.8. The zero-order valence-electron chi connectivity index (χ0n) is 11.3. The third kappa shape index (κ3) is 3.28. The summed E-state index contributed by atoms with van der Waals surface area (Å²) in [5.41, 5.74) is 1.02. The van der Waals surface area contributed by atoms with E-state index >= 15 is 0 Å². The van der Waals surface area contributed by atoms with Crippen molar-refractivity contribution in [2.24, 2.45) is 0 Å². The summed E-state index contributed by atoms with van der Waals surface area (Å²) in [4.78, 5) is 29.5. The molecule has 0 radical (unpaired) electrons. The summed E-state index contributed by atoms with van der Waals surface area (Å²) in [6.45, 7) is 0.487. The second kappa shape index (κ2) is 5.40. The third-order valence-corrected chi connectivity index (χ3v) is 3.40. The Kier molecular flexibility index (Phi) is 3.43. The van der Waals surface area contributed by atoms with Crippen molar-refractivity contribution in [2.75, 3.05) is 5.32 Å². The van der Waals surface area contributed by atoms with Crippen LogP contribution in [0.25, 0.3) is 0 Å². The summed E-state index contributed by atoms with van der Waals surface area (Å²) < 4.78 is 0. The Morgan fingerprint density at radius 1 is 1.33 bits per heavy atom. The third-order valence-electron chi connectivity index (χ3n) is 3.40. The molecule has 1 aliphatic carbocycles. The average Bonchev–Trinajstić information content (AvgIpc) is 3.29. The van der Waals surface area contributed by atoms with Gasteiger partial charge in [0.25, 0.3) is 5.56 Å². The van der Waals surface area contributed by atoms with Gasteiger partial charge in [0.15, 0.2) is 0 Å². The molecule has 0 saturated heterocycles. The molecule has 1 aromatic heterocycles. The molecule has 0 amide bonds. The number of aromatic amines is 1. The number of hydrogen-bond donors (Lipinski definition) is 3. The van der Waals surface area contributed by atoms with Crippen LogP contribution in [-0.4, -0.2) is 21.0 Å². The fourth-order valence-corrected chi connectivity index (χ4v) is 2.07. The molecule has 0 aliphatic heterocycles. The minimum atomic E-state index is -0.945. The highest BCUT2D eigenvalue weighted by Gasteiger charge is 2.26. The molecule has 0 spiro atoms. The SMILES string of the molecule is O=C(O)c1ccc(CNc2cc(=O)[nH]c(C3CC3)n2)cc1. The van der Waals surface area contributed by atoms with E-state index in [-0.39, 0.29) is 11.1 Å². The average molecular weight is 285 g/mol. The van der Waals surface area contributed by atoms with Crippen molar-refractivity contribution in [1.29, 1.82) is 0 Å². The highest BCUT2D eigenvalue weighted by Crippen LogP contribution is 2.37. The molecule has 1 fully saturated rings. The lowest BCUT2D eigenvalue weighted by Gasteiger charge is -2.07. The summed E-state index contributed by atoms with van der Waals surface area (Å²) in [6.07, 6.45) is 2.14. The van der Waals surface area contributed by atoms with E-state index in [4.69, 9.17) is 5.11 Å². The van der Waals surface area contributed by atoms with Crippen LogP contribution in [0.1, 0.15) is 40.5 Å². The summed E-state index contributed by atoms with van der Waals surface area (Å²) in [7, 11) is 0. The van der Waals surface area contributed by atoms with E-state index in [1.807, 2.05) is 0 Å². The van der Waals surface area contributed by atoms with Gasteiger partial charge >= 0.3 is 5.97 Å². The number of aromatic carboxylic acids is 1. The lowest BCUT2D eigenvalue weighted by Crippen LogP contribution is -2.13. The Bertz CT molecular complexity index is 718. The predicted molar refractivity (Wildman–Crippen MR) is 77.6 cm³/mol. The number of anilines is 1. The monoisotopic (exact) mass is 285 g/mol. The lowest BCUT2D eigenvalue weighted by atomic mass is 10.1. The highest BCUT2D eigenvalue weighted by atomic mass is 16.4. The molecule has 0 atom stereocenters. The van der Waals surface area contributed by atoms with Crippen molar-refractivity contribution in [1.82, 2.24) is 9.97 Å². The molecule has 1 aliphatic rings. The summed E-state index contributed by atoms with van der Waals surface area (Å²) >= 11 is 0. The molecule has 1 saturated carbocycles. The van der Waals surface area contributed by atoms with E-state index in [2.05, 4.69) is 15.3 Å². The Hall–Kier alpha value is -2.63. The number of H-pyrrole nitrogens is 1. The Morgan fingerprint density at radius 3 is 2.67 bits per heavy atom. The van der Waals surface area contributed by atoms with E-state index in [1.54, 1.807) is 24.3 Å². The molecule has 108 valence electrons. The number of nitrogens with zero attached hydrogens (tertiary/aromatic N) is 1. The summed E-state index contributed by atoms with van der Waals surface area (Å²) in [6, 6.07) is 8.02. The number of nitrogens with one attached hydrogen (secondary N) is 2. The van der Waals surface area contributed by atoms with Crippen LogP contribution >= 0.6 is 0 Å². The minimum absolute atomic E-state index is 0.157. The van der Waals surface area contributed by atoms with Gasteiger partial charge in [-0.25, -0.2) is 9.78 Å². The van der Waals surface area contributed by atoms with Gasteiger partial charge in [0.05, 0.1) is 5.56 Å². The van der Waals surface area contributed by atoms with Gasteiger partial charge in [0.2, 0.25) is 0 Å². The van der Waals surface area contributed by atoms with Crippen molar-refractivity contribution >= 4 is 11.8 Å². The van der Waals surface area contributed by atoms with Crippen LogP contribution in [0.2, 0.25) is 0 Å². The maximum absolute atomic E-state index is 11.6. The first-order valence-corrected chi connectivity index (χ1v) is 6.79. The second-order valence-corrected chi connectivity index (χ2v) is 5.15. The maximum Gasteiger partial charge on any atom is 0.335 e. The van der Waals surface area contributed by atoms with Crippen molar-refractivity contribution in [3.63, 3.8) is 0 Å². The molecule has 3 N–H and O–H groups in total. The number of aromatic nitrogens is 2. The van der Waals surface area contributed by atoms with E-state index in [0.29, 0.717) is 18.3 Å². The molecule has 3 rings (SSSR count). The Balaban J connectivity index is 1.69. The molecule has 6 heteroatoms. The maximum atomic E-state index is 11.6. The number of carbonyl (C=O) groups is 1. The largest absolute Gasteiger partial charge is 0.478 e. The van der Waals surface area contributed by atoms with Gasteiger partial charge in [-0.05, 0) is 30.5 Å². The van der Waals surface area contributed by atoms with Gasteiger partial charge in [-0.1, -0.05) is 12.1 Å². The van der Waals surface area contributed by atoms with Gasteiger partial charge in [-0.2, -0.15) is 0 Å². The molecule has 21 heavy (non-hydrogen) atoms. The van der Waals surface area contributed by atoms with Gasteiger partial charge in [0, 0.05) is 18.5 Å². The first kappa shape index (κ1) is 13.4. The standard InChI is InChI=1S/C15H15N3O3/c19-13-7-12(17-14(18-13)10-5-6-10)16-8-9-1-3-11(4-2-9)15(20)21/h1-4,7,10H,5-6,8H2,(H,20,21)(H2,16,17,18,19). The van der Waals surface area contributed by atoms with Crippen LogP contribution in [0.15, 0.2) is 35.1 Å². The van der Waals surface area contributed by atoms with Crippen molar-refractivity contribution in [2.45, 2.75) is 25.3 Å². The number of carboxylic acids is 1. The molecule has 0 unspecified atom stereocenters. The number of carboxylic acid groups (broad SMARTS) is 1. The summed E-state index contributed by atoms with van der Waals surface area (Å²) in [5, 5.41) is 11.9. The first-order valence-electron chi connectivity index (χ1n) is 6.79. The van der Waals surface area contributed by atoms with Crippen LogP contribution in [0.4, 0.5) is 5.82 Å². The van der Waals surface area contributed by atoms with E-state index in [0.717, 1.165) is 24.2 Å². The molecule has 1 aromatic carbocycles. The fraction of sp³-hybridized carbons (Fsp3) is 0.267. The molecule has 0 bridgehead atoms. The van der Waals surface area contributed by atoms with Crippen molar-refractivity contribution in [3.8, 4) is 0 Å². The molecule has 1 heterocycles. The number of rotatable bonds is 5. The molecular weight excluding hydrogens is 270 g/mol. The minimum Gasteiger partial charge on any atom is -0.478 e. The van der Waals surface area contributed by atoms with E-state index < -0.39 is 5.97 Å². The Labute approximate surface area is 120 Å². The van der Waals surface area contributed by atoms with Gasteiger partial charge in [-0.3, -0.25) is 4.79 Å². The number of benzene rings is 1. The predicted octanol–water partition coefficient (Wildman–Crippen LogP) is 1.96. The van der Waals surface area contributed by atoms with Crippen LogP contribution in [0, 0.1) is 0 Å². The van der Waals surface area contributed by atoms with Crippen LogP contribution < -0.4 is 10.9 Å². The fourth-order valence-electron chi connectivity index (χ4n) is 2.07. The van der Waals surface area contributed by atoms with Gasteiger partial charge in [0.1, 0.15) is 11.6 Å². The van der Waals surface area contributed by atoms with Crippen molar-refractivity contribution < 1.29 is 9.90 Å². The molecular formula is C15H15N3O3.